The Balaban J connectivity index is 2.14. The molecule has 13 heavy (non-hydrogen) atoms. The monoisotopic (exact) mass is 175 g/mol. The molecular formula is C11H13NO. The summed E-state index contributed by atoms with van der Waals surface area (Å²) in [6.07, 6.45) is 4.75. The van der Waals surface area contributed by atoms with E-state index in [2.05, 4.69) is 24.0 Å². The molecule has 1 N–H and O–H groups in total. The minimum absolute atomic E-state index is 0.922. The summed E-state index contributed by atoms with van der Waals surface area (Å²) >= 11 is 0. The van der Waals surface area contributed by atoms with Crippen LogP contribution in [-0.2, 0) is 6.42 Å². The molecule has 2 rings (SSSR count). The second-order valence-electron chi connectivity index (χ2n) is 3.44. The van der Waals surface area contributed by atoms with E-state index < -0.39 is 0 Å². The average molecular weight is 175 g/mol. The lowest BCUT2D eigenvalue weighted by atomic mass is 10.2. The van der Waals surface area contributed by atoms with Crippen molar-refractivity contribution in [2.45, 2.75) is 20.3 Å². The Labute approximate surface area is 77.6 Å². The molecule has 0 aliphatic rings. The van der Waals surface area contributed by atoms with Crippen molar-refractivity contribution in [1.82, 2.24) is 4.98 Å². The Hall–Kier alpha value is -1.44. The predicted molar refractivity (Wildman–Crippen MR) is 51.8 cm³/mol. The highest BCUT2D eigenvalue weighted by molar-refractivity contribution is 5.23. The fourth-order valence-corrected chi connectivity index (χ4v) is 1.48. The average Bonchev–Trinajstić information content (AvgIpc) is 2.62. The number of rotatable bonds is 2. The Morgan fingerprint density at radius 3 is 2.69 bits per heavy atom. The smallest absolute Gasteiger partial charge is 0.100 e. The third-order valence-corrected chi connectivity index (χ3v) is 2.07. The molecule has 0 bridgehead atoms. The molecule has 2 nitrogen and oxygen atoms in total. The second-order valence-corrected chi connectivity index (χ2v) is 3.44. The largest absolute Gasteiger partial charge is 0.469 e. The van der Waals surface area contributed by atoms with Crippen molar-refractivity contribution in [1.29, 1.82) is 0 Å². The van der Waals surface area contributed by atoms with E-state index in [-0.39, 0.29) is 0 Å². The fourth-order valence-electron chi connectivity index (χ4n) is 1.48. The zero-order valence-electron chi connectivity index (χ0n) is 7.92. The molecule has 0 aromatic carbocycles. The molecule has 68 valence electrons. The van der Waals surface area contributed by atoms with Crippen LogP contribution < -0.4 is 0 Å². The van der Waals surface area contributed by atoms with E-state index >= 15 is 0 Å². The molecule has 0 amide bonds. The molecule has 2 aromatic heterocycles. The van der Waals surface area contributed by atoms with Crippen molar-refractivity contribution in [3.8, 4) is 0 Å². The van der Waals surface area contributed by atoms with Crippen LogP contribution in [0, 0.1) is 13.8 Å². The molecule has 0 saturated heterocycles. The molecule has 0 aliphatic heterocycles. The van der Waals surface area contributed by atoms with Gasteiger partial charge in [-0.2, -0.15) is 0 Å². The topological polar surface area (TPSA) is 28.9 Å². The number of aryl methyl sites for hydroxylation is 2. The standard InChI is InChI=1S/C11H13NO/c1-8-3-11(12-6-8)5-10-4-9(2)13-7-10/h3-4,6-7,12H,5H2,1-2H3. The first kappa shape index (κ1) is 8.17. The third kappa shape index (κ3) is 1.83. The van der Waals surface area contributed by atoms with Crippen LogP contribution in [0.2, 0.25) is 0 Å². The molecule has 2 heterocycles. The summed E-state index contributed by atoms with van der Waals surface area (Å²) in [5.74, 6) is 0.971. The van der Waals surface area contributed by atoms with Gasteiger partial charge in [-0.3, -0.25) is 0 Å². The zero-order valence-corrected chi connectivity index (χ0v) is 7.92. The molecule has 0 radical (unpaired) electrons. The summed E-state index contributed by atoms with van der Waals surface area (Å²) in [6.45, 7) is 4.05. The van der Waals surface area contributed by atoms with Crippen LogP contribution in [0.4, 0.5) is 0 Å². The quantitative estimate of drug-likeness (QED) is 0.747. The second kappa shape index (κ2) is 3.13. The van der Waals surface area contributed by atoms with Gasteiger partial charge >= 0.3 is 0 Å². The molecule has 2 heteroatoms. The molecule has 0 unspecified atom stereocenters. The number of aromatic amines is 1. The van der Waals surface area contributed by atoms with E-state index in [0.717, 1.165) is 12.2 Å². The van der Waals surface area contributed by atoms with E-state index in [1.807, 2.05) is 19.4 Å². The number of H-pyrrole nitrogens is 1. The van der Waals surface area contributed by atoms with Crippen molar-refractivity contribution in [3.63, 3.8) is 0 Å². The highest BCUT2D eigenvalue weighted by Crippen LogP contribution is 2.12. The Morgan fingerprint density at radius 1 is 1.31 bits per heavy atom. The number of aromatic nitrogens is 1. The Bertz CT molecular complexity index is 359. The molecule has 0 fully saturated rings. The van der Waals surface area contributed by atoms with Crippen LogP contribution in [0.1, 0.15) is 22.6 Å². The van der Waals surface area contributed by atoms with Crippen LogP contribution in [0.25, 0.3) is 0 Å². The van der Waals surface area contributed by atoms with Crippen LogP contribution in [0.5, 0.6) is 0 Å². The van der Waals surface area contributed by atoms with Gasteiger partial charge in [0.25, 0.3) is 0 Å². The maximum Gasteiger partial charge on any atom is 0.100 e. The molecular weight excluding hydrogens is 162 g/mol. The van der Waals surface area contributed by atoms with Crippen molar-refractivity contribution in [2.75, 3.05) is 0 Å². The van der Waals surface area contributed by atoms with Crippen LogP contribution in [-0.4, -0.2) is 4.98 Å². The lowest BCUT2D eigenvalue weighted by molar-refractivity contribution is 0.532. The third-order valence-electron chi connectivity index (χ3n) is 2.07. The summed E-state index contributed by atoms with van der Waals surface area (Å²) in [5, 5.41) is 0. The first-order valence-corrected chi connectivity index (χ1v) is 4.42. The molecule has 0 aliphatic carbocycles. The zero-order chi connectivity index (χ0) is 9.26. The first-order valence-electron chi connectivity index (χ1n) is 4.42. The van der Waals surface area contributed by atoms with Gasteiger partial charge in [0.1, 0.15) is 5.76 Å². The number of hydrogen-bond acceptors (Lipinski definition) is 1. The molecule has 0 saturated carbocycles. The van der Waals surface area contributed by atoms with Gasteiger partial charge in [0.15, 0.2) is 0 Å². The number of furan rings is 1. The van der Waals surface area contributed by atoms with Crippen LogP contribution >= 0.6 is 0 Å². The molecule has 2 aromatic rings. The van der Waals surface area contributed by atoms with Crippen LogP contribution in [0.15, 0.2) is 29.0 Å². The first-order chi connectivity index (χ1) is 6.24. The summed E-state index contributed by atoms with van der Waals surface area (Å²) < 4.78 is 5.23. The fraction of sp³-hybridized carbons (Fsp3) is 0.273. The van der Waals surface area contributed by atoms with Gasteiger partial charge < -0.3 is 9.40 Å². The minimum atomic E-state index is 0.922. The van der Waals surface area contributed by atoms with Crippen molar-refractivity contribution in [3.05, 3.63) is 47.2 Å². The van der Waals surface area contributed by atoms with Crippen molar-refractivity contribution < 1.29 is 4.42 Å². The van der Waals surface area contributed by atoms with Crippen molar-refractivity contribution in [2.24, 2.45) is 0 Å². The van der Waals surface area contributed by atoms with E-state index in [1.165, 1.54) is 16.8 Å². The van der Waals surface area contributed by atoms with Gasteiger partial charge in [-0.05, 0) is 37.1 Å². The Morgan fingerprint density at radius 2 is 2.15 bits per heavy atom. The number of nitrogens with one attached hydrogen (secondary N) is 1. The lowest BCUT2D eigenvalue weighted by Gasteiger charge is -1.91. The number of hydrogen-bond donors (Lipinski definition) is 1. The highest BCUT2D eigenvalue weighted by Gasteiger charge is 2.00. The van der Waals surface area contributed by atoms with Gasteiger partial charge in [0.05, 0.1) is 6.26 Å². The summed E-state index contributed by atoms with van der Waals surface area (Å²) in [5.41, 5.74) is 3.73. The van der Waals surface area contributed by atoms with Crippen LogP contribution in [0.3, 0.4) is 0 Å². The van der Waals surface area contributed by atoms with Gasteiger partial charge in [-0.1, -0.05) is 0 Å². The van der Waals surface area contributed by atoms with Gasteiger partial charge in [0.2, 0.25) is 0 Å². The minimum Gasteiger partial charge on any atom is -0.469 e. The van der Waals surface area contributed by atoms with E-state index in [1.54, 1.807) is 0 Å². The summed E-state index contributed by atoms with van der Waals surface area (Å²) in [7, 11) is 0. The summed E-state index contributed by atoms with van der Waals surface area (Å²) in [4.78, 5) is 3.22. The normalized spacial score (nSPS) is 10.6. The van der Waals surface area contributed by atoms with Gasteiger partial charge in [-0.25, -0.2) is 0 Å². The highest BCUT2D eigenvalue weighted by atomic mass is 16.3. The van der Waals surface area contributed by atoms with Crippen molar-refractivity contribution >= 4 is 0 Å². The van der Waals surface area contributed by atoms with E-state index in [9.17, 15) is 0 Å². The lowest BCUT2D eigenvalue weighted by Crippen LogP contribution is -1.83. The Kier molecular flexibility index (Phi) is 1.97. The molecule has 0 atom stereocenters. The summed E-state index contributed by atoms with van der Waals surface area (Å²) in [6, 6.07) is 4.22. The van der Waals surface area contributed by atoms with Gasteiger partial charge in [-0.15, -0.1) is 0 Å². The SMILES string of the molecule is Cc1c[nH]c(Cc2coc(C)c2)c1. The van der Waals surface area contributed by atoms with E-state index in [0.29, 0.717) is 0 Å². The van der Waals surface area contributed by atoms with E-state index in [4.69, 9.17) is 4.42 Å². The predicted octanol–water partition coefficient (Wildman–Crippen LogP) is 2.82. The maximum atomic E-state index is 5.23. The molecule has 0 spiro atoms. The van der Waals surface area contributed by atoms with Gasteiger partial charge in [0, 0.05) is 18.3 Å². The maximum absolute atomic E-state index is 5.23.